The van der Waals surface area contributed by atoms with Gasteiger partial charge in [0.15, 0.2) is 5.01 Å². The third-order valence-corrected chi connectivity index (χ3v) is 4.21. The molecule has 22 heavy (non-hydrogen) atoms. The third kappa shape index (κ3) is 3.09. The van der Waals surface area contributed by atoms with E-state index < -0.39 is 0 Å². The molecule has 0 fully saturated rings. The first-order valence-electron chi connectivity index (χ1n) is 6.11. The van der Waals surface area contributed by atoms with Gasteiger partial charge in [-0.25, -0.2) is 0 Å². The molecule has 5 nitrogen and oxygen atoms in total. The number of nitrogens with zero attached hydrogens (tertiary/aromatic N) is 2. The van der Waals surface area contributed by atoms with Crippen LogP contribution in [0.2, 0.25) is 10.0 Å². The quantitative estimate of drug-likeness (QED) is 0.637. The summed E-state index contributed by atoms with van der Waals surface area (Å²) < 4.78 is 0. The Morgan fingerprint density at radius 2 is 1.82 bits per heavy atom. The number of phenols is 2. The molecule has 2 aromatic carbocycles. The lowest BCUT2D eigenvalue weighted by atomic mass is 10.2. The number of aromatic hydroxyl groups is 2. The summed E-state index contributed by atoms with van der Waals surface area (Å²) in [5.41, 5.74) is 1.18. The van der Waals surface area contributed by atoms with Crippen LogP contribution in [-0.4, -0.2) is 20.4 Å². The predicted molar refractivity (Wildman–Crippen MR) is 88.4 cm³/mol. The number of nitrogens with one attached hydrogen (secondary N) is 1. The summed E-state index contributed by atoms with van der Waals surface area (Å²) >= 11 is 13.0. The number of halogens is 2. The summed E-state index contributed by atoms with van der Waals surface area (Å²) in [4.78, 5) is 0. The SMILES string of the molecule is Oc1cc(O)c(-c2nnc(Nc3cccc(Cl)c3)s2)cc1Cl. The van der Waals surface area contributed by atoms with E-state index in [1.54, 1.807) is 12.1 Å². The van der Waals surface area contributed by atoms with E-state index in [-0.39, 0.29) is 16.5 Å². The predicted octanol–water partition coefficient (Wildman–Crippen LogP) is 4.67. The Hall–Kier alpha value is -2.02. The molecule has 0 aliphatic carbocycles. The van der Waals surface area contributed by atoms with Gasteiger partial charge in [0.2, 0.25) is 5.13 Å². The molecule has 1 heterocycles. The Kier molecular flexibility index (Phi) is 4.06. The van der Waals surface area contributed by atoms with Crippen molar-refractivity contribution in [3.05, 3.63) is 46.4 Å². The van der Waals surface area contributed by atoms with Crippen LogP contribution in [0, 0.1) is 0 Å². The molecule has 1 aromatic heterocycles. The minimum absolute atomic E-state index is 0.118. The van der Waals surface area contributed by atoms with Gasteiger partial charge in [-0.3, -0.25) is 0 Å². The van der Waals surface area contributed by atoms with Crippen LogP contribution in [0.1, 0.15) is 0 Å². The number of aromatic nitrogens is 2. The smallest absolute Gasteiger partial charge is 0.210 e. The van der Waals surface area contributed by atoms with Crippen LogP contribution in [0.3, 0.4) is 0 Å². The molecule has 0 saturated carbocycles. The lowest BCUT2D eigenvalue weighted by Gasteiger charge is -2.03. The highest BCUT2D eigenvalue weighted by molar-refractivity contribution is 7.18. The molecule has 8 heteroatoms. The Labute approximate surface area is 139 Å². The van der Waals surface area contributed by atoms with E-state index in [2.05, 4.69) is 15.5 Å². The van der Waals surface area contributed by atoms with E-state index in [4.69, 9.17) is 23.2 Å². The Morgan fingerprint density at radius 1 is 1.00 bits per heavy atom. The van der Waals surface area contributed by atoms with Crippen LogP contribution in [0.15, 0.2) is 36.4 Å². The van der Waals surface area contributed by atoms with Crippen molar-refractivity contribution in [3.63, 3.8) is 0 Å². The van der Waals surface area contributed by atoms with Gasteiger partial charge in [-0.1, -0.05) is 40.6 Å². The normalized spacial score (nSPS) is 10.6. The van der Waals surface area contributed by atoms with Gasteiger partial charge in [0, 0.05) is 16.8 Å². The van der Waals surface area contributed by atoms with Crippen molar-refractivity contribution in [1.29, 1.82) is 0 Å². The molecule has 3 rings (SSSR count). The summed E-state index contributed by atoms with van der Waals surface area (Å²) in [5.74, 6) is -0.308. The monoisotopic (exact) mass is 353 g/mol. The third-order valence-electron chi connectivity index (χ3n) is 2.80. The summed E-state index contributed by atoms with van der Waals surface area (Å²) in [7, 11) is 0. The minimum atomic E-state index is -0.190. The minimum Gasteiger partial charge on any atom is -0.507 e. The van der Waals surface area contributed by atoms with Crippen LogP contribution in [0.5, 0.6) is 11.5 Å². The Morgan fingerprint density at radius 3 is 2.59 bits per heavy atom. The molecule has 0 radical (unpaired) electrons. The largest absolute Gasteiger partial charge is 0.507 e. The van der Waals surface area contributed by atoms with E-state index in [1.165, 1.54) is 23.5 Å². The first-order valence-corrected chi connectivity index (χ1v) is 7.68. The van der Waals surface area contributed by atoms with Gasteiger partial charge < -0.3 is 15.5 Å². The van der Waals surface area contributed by atoms with E-state index in [0.29, 0.717) is 20.7 Å². The first kappa shape index (κ1) is 14.9. The fourth-order valence-corrected chi connectivity index (χ4v) is 2.94. The van der Waals surface area contributed by atoms with Gasteiger partial charge in [-0.15, -0.1) is 10.2 Å². The average molecular weight is 354 g/mol. The molecule has 0 atom stereocenters. The molecule has 0 unspecified atom stereocenters. The molecule has 0 amide bonds. The van der Waals surface area contributed by atoms with Crippen LogP contribution < -0.4 is 5.32 Å². The van der Waals surface area contributed by atoms with Gasteiger partial charge in [0.25, 0.3) is 0 Å². The summed E-state index contributed by atoms with van der Waals surface area (Å²) in [6.07, 6.45) is 0. The zero-order valence-corrected chi connectivity index (χ0v) is 13.2. The van der Waals surface area contributed by atoms with Crippen LogP contribution in [-0.2, 0) is 0 Å². The summed E-state index contributed by atoms with van der Waals surface area (Å²) in [5, 5.41) is 32.2. The second kappa shape index (κ2) is 6.00. The van der Waals surface area contributed by atoms with E-state index in [0.717, 1.165) is 5.69 Å². The maximum Gasteiger partial charge on any atom is 0.210 e. The van der Waals surface area contributed by atoms with Gasteiger partial charge in [-0.05, 0) is 24.3 Å². The molecule has 0 aliphatic rings. The fourth-order valence-electron chi connectivity index (χ4n) is 1.79. The highest BCUT2D eigenvalue weighted by atomic mass is 35.5. The highest BCUT2D eigenvalue weighted by Gasteiger charge is 2.14. The van der Waals surface area contributed by atoms with Crippen molar-refractivity contribution in [1.82, 2.24) is 10.2 Å². The summed E-state index contributed by atoms with van der Waals surface area (Å²) in [6.45, 7) is 0. The van der Waals surface area contributed by atoms with Gasteiger partial charge in [0.05, 0.1) is 10.6 Å². The molecule has 0 aliphatic heterocycles. The molecule has 0 bridgehead atoms. The highest BCUT2D eigenvalue weighted by Crippen LogP contribution is 2.39. The molecule has 0 spiro atoms. The molecule has 0 saturated heterocycles. The number of rotatable bonds is 3. The fraction of sp³-hybridized carbons (Fsp3) is 0. The zero-order chi connectivity index (χ0) is 15.7. The summed E-state index contributed by atoms with van der Waals surface area (Å²) in [6, 6.07) is 9.81. The van der Waals surface area contributed by atoms with E-state index >= 15 is 0 Å². The maximum absolute atomic E-state index is 9.89. The zero-order valence-electron chi connectivity index (χ0n) is 10.9. The van der Waals surface area contributed by atoms with Crippen LogP contribution >= 0.6 is 34.5 Å². The standard InChI is InChI=1S/C14H9Cl2N3O2S/c15-7-2-1-3-8(4-7)17-14-19-18-13(22-14)9-5-10(16)12(21)6-11(9)20/h1-6,20-21H,(H,17,19). The average Bonchev–Trinajstić information content (AvgIpc) is 2.91. The van der Waals surface area contributed by atoms with E-state index in [1.807, 2.05) is 12.1 Å². The van der Waals surface area contributed by atoms with Crippen LogP contribution in [0.4, 0.5) is 10.8 Å². The van der Waals surface area contributed by atoms with Gasteiger partial charge >= 0.3 is 0 Å². The van der Waals surface area contributed by atoms with Crippen molar-refractivity contribution in [2.24, 2.45) is 0 Å². The van der Waals surface area contributed by atoms with Crippen molar-refractivity contribution < 1.29 is 10.2 Å². The second-order valence-electron chi connectivity index (χ2n) is 4.37. The molecular formula is C14H9Cl2N3O2S. The van der Waals surface area contributed by atoms with Gasteiger partial charge in [0.1, 0.15) is 11.5 Å². The van der Waals surface area contributed by atoms with Crippen molar-refractivity contribution in [3.8, 4) is 22.1 Å². The second-order valence-corrected chi connectivity index (χ2v) is 6.19. The molecular weight excluding hydrogens is 345 g/mol. The number of hydrogen-bond acceptors (Lipinski definition) is 6. The van der Waals surface area contributed by atoms with Crippen molar-refractivity contribution >= 4 is 45.4 Å². The molecule has 112 valence electrons. The lowest BCUT2D eigenvalue weighted by molar-refractivity contribution is 0.452. The van der Waals surface area contributed by atoms with Crippen molar-refractivity contribution in [2.45, 2.75) is 0 Å². The maximum atomic E-state index is 9.89. The van der Waals surface area contributed by atoms with Crippen molar-refractivity contribution in [2.75, 3.05) is 5.32 Å². The Balaban J connectivity index is 1.89. The Bertz CT molecular complexity index is 839. The number of benzene rings is 2. The lowest BCUT2D eigenvalue weighted by Crippen LogP contribution is -1.88. The first-order chi connectivity index (χ1) is 10.5. The molecule has 3 N–H and O–H groups in total. The number of anilines is 2. The topological polar surface area (TPSA) is 78.3 Å². The van der Waals surface area contributed by atoms with E-state index in [9.17, 15) is 10.2 Å². The molecule has 3 aromatic rings. The van der Waals surface area contributed by atoms with Gasteiger partial charge in [-0.2, -0.15) is 0 Å². The van der Waals surface area contributed by atoms with Crippen LogP contribution in [0.25, 0.3) is 10.6 Å². The number of hydrogen-bond donors (Lipinski definition) is 3. The number of phenolic OH excluding ortho intramolecular Hbond substituents is 2.